The molecule has 0 amide bonds. The van der Waals surface area contributed by atoms with E-state index >= 15 is 0 Å². The van der Waals surface area contributed by atoms with E-state index in [2.05, 4.69) is 37.8 Å². The zero-order chi connectivity index (χ0) is 19.6. The molecule has 0 spiro atoms. The van der Waals surface area contributed by atoms with Crippen LogP contribution in [0.5, 0.6) is 0 Å². The van der Waals surface area contributed by atoms with Crippen LogP contribution in [0.1, 0.15) is 16.8 Å². The summed E-state index contributed by atoms with van der Waals surface area (Å²) in [5.41, 5.74) is 13.4. The number of nitrogens with zero attached hydrogens (tertiary/aromatic N) is 4. The number of aromatic nitrogens is 3. The highest BCUT2D eigenvalue weighted by atomic mass is 32.1. The Morgan fingerprint density at radius 1 is 1.03 bits per heavy atom. The number of thiophene rings is 1. The number of hydrogen-bond acceptors (Lipinski definition) is 6. The van der Waals surface area contributed by atoms with Crippen LogP contribution in [-0.2, 0) is 19.5 Å². The standard InChI is InChI=1S/C23H21N5S/c24-20-5-3-16(4-6-20)23-26-12-19-14-28(10-7-21(19)27-23)13-17-2-1-9-25-22(17)18-8-11-29-15-18/h1-6,8-9,11-12,15H,7,10,13-14,24H2. The van der Waals surface area contributed by atoms with Crippen molar-refractivity contribution in [3.8, 4) is 22.6 Å². The molecule has 0 aliphatic carbocycles. The topological polar surface area (TPSA) is 67.9 Å². The van der Waals surface area contributed by atoms with E-state index in [-0.39, 0.29) is 0 Å². The number of nitrogen functional groups attached to an aromatic ring is 1. The molecule has 1 aliphatic rings. The van der Waals surface area contributed by atoms with Crippen LogP contribution in [0.2, 0.25) is 0 Å². The molecule has 5 rings (SSSR count). The molecular formula is C23H21N5S. The highest BCUT2D eigenvalue weighted by Crippen LogP contribution is 2.27. The quantitative estimate of drug-likeness (QED) is 0.515. The predicted molar refractivity (Wildman–Crippen MR) is 117 cm³/mol. The fourth-order valence-corrected chi connectivity index (χ4v) is 4.39. The third-order valence-corrected chi connectivity index (χ3v) is 5.94. The van der Waals surface area contributed by atoms with Crippen molar-refractivity contribution < 1.29 is 0 Å². The van der Waals surface area contributed by atoms with Crippen LogP contribution in [0.25, 0.3) is 22.6 Å². The van der Waals surface area contributed by atoms with Crippen molar-refractivity contribution in [1.29, 1.82) is 0 Å². The molecule has 4 aromatic rings. The second-order valence-corrected chi connectivity index (χ2v) is 8.05. The van der Waals surface area contributed by atoms with Crippen molar-refractivity contribution in [2.75, 3.05) is 12.3 Å². The number of rotatable bonds is 4. The molecule has 0 saturated heterocycles. The van der Waals surface area contributed by atoms with Crippen LogP contribution in [0.15, 0.2) is 65.6 Å². The highest BCUT2D eigenvalue weighted by Gasteiger charge is 2.20. The van der Waals surface area contributed by atoms with Crippen LogP contribution in [0, 0.1) is 0 Å². The molecule has 0 bridgehead atoms. The SMILES string of the molecule is Nc1ccc(-c2ncc3c(n2)CCN(Cc2cccnc2-c2ccsc2)C3)cc1. The molecule has 3 aromatic heterocycles. The zero-order valence-corrected chi connectivity index (χ0v) is 16.8. The Labute approximate surface area is 173 Å². The van der Waals surface area contributed by atoms with Gasteiger partial charge in [0.1, 0.15) is 0 Å². The number of hydrogen-bond donors (Lipinski definition) is 1. The summed E-state index contributed by atoms with van der Waals surface area (Å²) in [6.07, 6.45) is 4.77. The van der Waals surface area contributed by atoms with Gasteiger partial charge in [0.15, 0.2) is 5.82 Å². The van der Waals surface area contributed by atoms with Crippen LogP contribution < -0.4 is 5.73 Å². The molecule has 0 radical (unpaired) electrons. The normalized spacial score (nSPS) is 13.9. The van der Waals surface area contributed by atoms with Crippen molar-refractivity contribution in [2.45, 2.75) is 19.5 Å². The third-order valence-electron chi connectivity index (χ3n) is 5.26. The maximum absolute atomic E-state index is 5.79. The second kappa shape index (κ2) is 7.73. The van der Waals surface area contributed by atoms with Gasteiger partial charge in [-0.3, -0.25) is 9.88 Å². The lowest BCUT2D eigenvalue weighted by Gasteiger charge is -2.28. The molecule has 29 heavy (non-hydrogen) atoms. The van der Waals surface area contributed by atoms with Gasteiger partial charge >= 0.3 is 0 Å². The fourth-order valence-electron chi connectivity index (χ4n) is 3.75. The van der Waals surface area contributed by atoms with Gasteiger partial charge in [0.2, 0.25) is 0 Å². The summed E-state index contributed by atoms with van der Waals surface area (Å²) in [7, 11) is 0. The van der Waals surface area contributed by atoms with E-state index in [0.29, 0.717) is 0 Å². The van der Waals surface area contributed by atoms with Crippen LogP contribution in [-0.4, -0.2) is 26.4 Å². The van der Waals surface area contributed by atoms with Gasteiger partial charge in [-0.1, -0.05) is 6.07 Å². The maximum atomic E-state index is 5.79. The minimum atomic E-state index is 0.750. The number of anilines is 1. The van der Waals surface area contributed by atoms with Crippen molar-refractivity contribution in [3.63, 3.8) is 0 Å². The summed E-state index contributed by atoms with van der Waals surface area (Å²) >= 11 is 1.70. The van der Waals surface area contributed by atoms with Gasteiger partial charge in [0.05, 0.1) is 11.4 Å². The van der Waals surface area contributed by atoms with Gasteiger partial charge in [-0.2, -0.15) is 11.3 Å². The van der Waals surface area contributed by atoms with Gasteiger partial charge in [-0.05, 0) is 47.3 Å². The van der Waals surface area contributed by atoms with Gasteiger partial charge in [-0.15, -0.1) is 0 Å². The lowest BCUT2D eigenvalue weighted by atomic mass is 10.0. The first-order valence-electron chi connectivity index (χ1n) is 9.66. The molecule has 2 N–H and O–H groups in total. The molecule has 0 atom stereocenters. The summed E-state index contributed by atoms with van der Waals surface area (Å²) in [6, 6.07) is 14.1. The third kappa shape index (κ3) is 3.77. The van der Waals surface area contributed by atoms with Gasteiger partial charge in [0, 0.05) is 66.2 Å². The molecule has 0 fully saturated rings. The van der Waals surface area contributed by atoms with E-state index < -0.39 is 0 Å². The highest BCUT2D eigenvalue weighted by molar-refractivity contribution is 7.08. The van der Waals surface area contributed by atoms with Crippen molar-refractivity contribution in [2.24, 2.45) is 0 Å². The Morgan fingerprint density at radius 2 is 1.93 bits per heavy atom. The lowest BCUT2D eigenvalue weighted by molar-refractivity contribution is 0.243. The summed E-state index contributed by atoms with van der Waals surface area (Å²) in [5.74, 6) is 0.768. The monoisotopic (exact) mass is 399 g/mol. The van der Waals surface area contributed by atoms with Gasteiger partial charge < -0.3 is 5.73 Å². The summed E-state index contributed by atoms with van der Waals surface area (Å²) in [6.45, 7) is 2.71. The van der Waals surface area contributed by atoms with Crippen LogP contribution in [0.4, 0.5) is 5.69 Å². The first kappa shape index (κ1) is 18.0. The summed E-state index contributed by atoms with van der Waals surface area (Å²) < 4.78 is 0. The maximum Gasteiger partial charge on any atom is 0.159 e. The molecule has 0 unspecified atom stereocenters. The Kier molecular flexibility index (Phi) is 4.79. The summed E-state index contributed by atoms with van der Waals surface area (Å²) in [5, 5.41) is 4.25. The lowest BCUT2D eigenvalue weighted by Crippen LogP contribution is -2.31. The molecule has 5 nitrogen and oxygen atoms in total. The van der Waals surface area contributed by atoms with E-state index in [1.807, 2.05) is 42.7 Å². The average molecular weight is 400 g/mol. The molecule has 1 aliphatic heterocycles. The number of pyridine rings is 1. The van der Waals surface area contributed by atoms with Crippen LogP contribution >= 0.6 is 11.3 Å². The average Bonchev–Trinajstić information content (AvgIpc) is 3.29. The Morgan fingerprint density at radius 3 is 2.76 bits per heavy atom. The van der Waals surface area contributed by atoms with E-state index in [1.165, 1.54) is 16.7 Å². The first-order chi connectivity index (χ1) is 14.3. The van der Waals surface area contributed by atoms with E-state index in [1.54, 1.807) is 11.3 Å². The Balaban J connectivity index is 1.35. The largest absolute Gasteiger partial charge is 0.399 e. The minimum absolute atomic E-state index is 0.750. The molecule has 6 heteroatoms. The molecule has 1 aromatic carbocycles. The molecule has 144 valence electrons. The van der Waals surface area contributed by atoms with E-state index in [4.69, 9.17) is 10.7 Å². The van der Waals surface area contributed by atoms with E-state index in [9.17, 15) is 0 Å². The number of fused-ring (bicyclic) bond motifs is 1. The zero-order valence-electron chi connectivity index (χ0n) is 16.0. The Bertz CT molecular complexity index is 1120. The fraction of sp³-hybridized carbons (Fsp3) is 0.174. The van der Waals surface area contributed by atoms with Gasteiger partial charge in [-0.25, -0.2) is 9.97 Å². The Hall–Kier alpha value is -3.09. The predicted octanol–water partition coefficient (Wildman–Crippen LogP) is 4.41. The minimum Gasteiger partial charge on any atom is -0.399 e. The summed E-state index contributed by atoms with van der Waals surface area (Å²) in [4.78, 5) is 16.5. The first-order valence-corrected chi connectivity index (χ1v) is 10.6. The molecular weight excluding hydrogens is 378 g/mol. The number of nitrogens with two attached hydrogens (primary N) is 1. The molecule has 4 heterocycles. The smallest absolute Gasteiger partial charge is 0.159 e. The van der Waals surface area contributed by atoms with Crippen LogP contribution in [0.3, 0.4) is 0 Å². The molecule has 0 saturated carbocycles. The van der Waals surface area contributed by atoms with Gasteiger partial charge in [0.25, 0.3) is 0 Å². The van der Waals surface area contributed by atoms with Crippen molar-refractivity contribution in [1.82, 2.24) is 19.9 Å². The number of benzene rings is 1. The van der Waals surface area contributed by atoms with Crippen molar-refractivity contribution in [3.05, 3.63) is 82.4 Å². The van der Waals surface area contributed by atoms with Crippen molar-refractivity contribution >= 4 is 17.0 Å². The van der Waals surface area contributed by atoms with E-state index in [0.717, 1.165) is 54.5 Å². The second-order valence-electron chi connectivity index (χ2n) is 7.27.